The van der Waals surface area contributed by atoms with Crippen LogP contribution in [-0.2, 0) is 23.7 Å². The normalized spacial score (nSPS) is 44.3. The molecule has 1 amide bonds. The molecule has 0 bridgehead atoms. The fourth-order valence-corrected chi connectivity index (χ4v) is 7.97. The van der Waals surface area contributed by atoms with E-state index < -0.39 is 78.1 Å². The minimum atomic E-state index is -1.32. The number of nitrogens with one attached hydrogen (secondary N) is 4. The molecule has 15 heteroatoms. The molecule has 46 heavy (non-hydrogen) atoms. The minimum Gasteiger partial charge on any atom is -0.467 e. The molecule has 3 aliphatic heterocycles. The number of hydrogen-bond donors (Lipinski definition) is 10. The van der Waals surface area contributed by atoms with Gasteiger partial charge in [-0.05, 0) is 71.0 Å². The lowest BCUT2D eigenvalue weighted by Crippen LogP contribution is -2.69. The number of rotatable bonds is 12. The lowest BCUT2D eigenvalue weighted by molar-refractivity contribution is -0.302. The number of aliphatic hydroxyl groups excluding tert-OH is 2. The summed E-state index contributed by atoms with van der Waals surface area (Å²) in [5.41, 5.74) is 17.3. The molecule has 0 aromatic carbocycles. The maximum Gasteiger partial charge on any atom is 0.249 e. The van der Waals surface area contributed by atoms with E-state index in [-0.39, 0.29) is 12.5 Å². The lowest BCUT2D eigenvalue weighted by atomic mass is 9.74. The van der Waals surface area contributed by atoms with Gasteiger partial charge in [-0.3, -0.25) is 4.79 Å². The predicted molar refractivity (Wildman–Crippen MR) is 167 cm³/mol. The average Bonchev–Trinajstić information content (AvgIpc) is 3.75. The molecule has 3 saturated carbocycles. The number of amides is 1. The van der Waals surface area contributed by atoms with Crippen LogP contribution in [0.3, 0.4) is 0 Å². The summed E-state index contributed by atoms with van der Waals surface area (Å²) in [6.45, 7) is 4.09. The van der Waals surface area contributed by atoms with E-state index in [1.807, 2.05) is 6.08 Å². The van der Waals surface area contributed by atoms with Crippen LogP contribution in [0.1, 0.15) is 45.4 Å². The third-order valence-electron chi connectivity index (χ3n) is 11.0. The van der Waals surface area contributed by atoms with Gasteiger partial charge in [-0.15, -0.1) is 0 Å². The SMILES string of the molecule is CN[C@@H]1[C@@H](O)[C@@H](O[C@H]2[C@H](NC(=O)C(O)C3CNC3)C[C@H](N)[C@@H](O[C@H]3OC(CNCC4CC(N)C4)=CC[C@H]3N)C23CC3)OC[C@]1(C)O. The van der Waals surface area contributed by atoms with E-state index in [4.69, 9.17) is 36.1 Å². The topological polar surface area (TPSA) is 241 Å². The van der Waals surface area contributed by atoms with Crippen molar-refractivity contribution in [1.29, 1.82) is 0 Å². The van der Waals surface area contributed by atoms with Crippen molar-refractivity contribution in [3.63, 3.8) is 0 Å². The van der Waals surface area contributed by atoms with Gasteiger partial charge < -0.3 is 72.7 Å². The molecule has 1 unspecified atom stereocenters. The van der Waals surface area contributed by atoms with Crippen molar-refractivity contribution in [2.24, 2.45) is 34.5 Å². The zero-order chi connectivity index (χ0) is 32.8. The summed E-state index contributed by atoms with van der Waals surface area (Å²) in [5.74, 6) is 0.697. The third kappa shape index (κ3) is 6.98. The van der Waals surface area contributed by atoms with Gasteiger partial charge >= 0.3 is 0 Å². The smallest absolute Gasteiger partial charge is 0.249 e. The molecular weight excluding hydrogens is 598 g/mol. The first-order valence-corrected chi connectivity index (χ1v) is 16.9. The Labute approximate surface area is 270 Å². The summed E-state index contributed by atoms with van der Waals surface area (Å²) in [6.07, 6.45) is 0.962. The molecule has 6 rings (SSSR count). The van der Waals surface area contributed by atoms with Crippen LogP contribution in [0.2, 0.25) is 0 Å². The highest BCUT2D eigenvalue weighted by Crippen LogP contribution is 2.59. The molecular formula is C31H55N7O8. The number of nitrogens with two attached hydrogens (primary N) is 3. The molecule has 262 valence electrons. The lowest BCUT2D eigenvalue weighted by Gasteiger charge is -2.51. The quantitative estimate of drug-likeness (QED) is 0.0992. The van der Waals surface area contributed by atoms with E-state index in [2.05, 4.69) is 21.3 Å². The van der Waals surface area contributed by atoms with Gasteiger partial charge in [0.15, 0.2) is 6.29 Å². The first kappa shape index (κ1) is 34.4. The first-order valence-electron chi connectivity index (χ1n) is 16.9. The number of likely N-dealkylation sites (N-methyl/N-ethyl adjacent to an activating group) is 1. The second kappa shape index (κ2) is 13.8. The van der Waals surface area contributed by atoms with E-state index in [9.17, 15) is 20.1 Å². The number of ether oxygens (including phenoxy) is 4. The molecule has 11 atom stereocenters. The van der Waals surface area contributed by atoms with Gasteiger partial charge in [0.05, 0.1) is 43.5 Å². The van der Waals surface area contributed by atoms with Crippen molar-refractivity contribution in [2.45, 2.75) is 118 Å². The van der Waals surface area contributed by atoms with Crippen molar-refractivity contribution in [1.82, 2.24) is 21.3 Å². The van der Waals surface area contributed by atoms with Crippen LogP contribution in [0.25, 0.3) is 0 Å². The largest absolute Gasteiger partial charge is 0.467 e. The van der Waals surface area contributed by atoms with Crippen molar-refractivity contribution in [3.8, 4) is 0 Å². The van der Waals surface area contributed by atoms with Crippen molar-refractivity contribution < 1.29 is 39.1 Å². The summed E-state index contributed by atoms with van der Waals surface area (Å²) in [5, 5.41) is 45.3. The third-order valence-corrected chi connectivity index (χ3v) is 11.0. The molecule has 3 heterocycles. The van der Waals surface area contributed by atoms with Crippen LogP contribution >= 0.6 is 0 Å². The Kier molecular flexibility index (Phi) is 10.3. The molecule has 6 aliphatic rings. The highest BCUT2D eigenvalue weighted by Gasteiger charge is 2.65. The van der Waals surface area contributed by atoms with Gasteiger partial charge in [0, 0.05) is 36.5 Å². The molecule has 1 spiro atoms. The molecule has 0 aromatic heterocycles. The van der Waals surface area contributed by atoms with Crippen molar-refractivity contribution >= 4 is 5.91 Å². The van der Waals surface area contributed by atoms with Gasteiger partial charge in [0.25, 0.3) is 0 Å². The summed E-state index contributed by atoms with van der Waals surface area (Å²) in [4.78, 5) is 13.2. The summed E-state index contributed by atoms with van der Waals surface area (Å²) in [7, 11) is 1.66. The first-order chi connectivity index (χ1) is 21.9. The minimum absolute atomic E-state index is 0.0642. The van der Waals surface area contributed by atoms with Gasteiger partial charge in [-0.1, -0.05) is 0 Å². The van der Waals surface area contributed by atoms with Gasteiger partial charge in [0.2, 0.25) is 12.2 Å². The molecule has 2 saturated heterocycles. The Hall–Kier alpha value is -1.47. The van der Waals surface area contributed by atoms with Gasteiger partial charge in [0.1, 0.15) is 23.6 Å². The van der Waals surface area contributed by atoms with Crippen LogP contribution in [0.4, 0.5) is 0 Å². The van der Waals surface area contributed by atoms with E-state index in [0.29, 0.717) is 57.3 Å². The number of carbonyl (C=O) groups excluding carboxylic acids is 1. The fourth-order valence-electron chi connectivity index (χ4n) is 7.97. The van der Waals surface area contributed by atoms with Crippen molar-refractivity contribution in [2.75, 3.05) is 39.8 Å². The van der Waals surface area contributed by atoms with Crippen LogP contribution in [0, 0.1) is 17.3 Å². The maximum atomic E-state index is 13.2. The second-order valence-corrected chi connectivity index (χ2v) is 14.8. The standard InChI is InChI=1S/C31H55N7O8/c1-30(42)14-43-29(23(40)24(30)35-2)46-26-21(38-27(41)22(39)16-11-37-12-16)9-20(34)25(31(26)5-6-31)45-28-19(33)4-3-18(44-28)13-36-10-15-7-17(32)8-15/h3,15-17,19-26,28-29,35-37,39-40,42H,4-14,32-34H2,1-2H3,(H,38,41)/t15?,17?,19-,20+,21-,22?,23-,24-,25-,26+,28-,29-,30+/m1/s1. The van der Waals surface area contributed by atoms with Crippen LogP contribution < -0.4 is 38.5 Å². The van der Waals surface area contributed by atoms with Crippen LogP contribution in [0.5, 0.6) is 0 Å². The van der Waals surface area contributed by atoms with Gasteiger partial charge in [-0.2, -0.15) is 0 Å². The van der Waals surface area contributed by atoms with Crippen LogP contribution in [0.15, 0.2) is 11.8 Å². The Morgan fingerprint density at radius 1 is 1.13 bits per heavy atom. The fraction of sp³-hybridized carbons (Fsp3) is 0.903. The van der Waals surface area contributed by atoms with Gasteiger partial charge in [-0.25, -0.2) is 0 Å². The summed E-state index contributed by atoms with van der Waals surface area (Å²) < 4.78 is 25.4. The molecule has 13 N–H and O–H groups in total. The molecule has 0 aromatic rings. The molecule has 5 fully saturated rings. The summed E-state index contributed by atoms with van der Waals surface area (Å²) >= 11 is 0. The number of aliphatic hydroxyl groups is 3. The Morgan fingerprint density at radius 2 is 1.85 bits per heavy atom. The van der Waals surface area contributed by atoms with E-state index in [0.717, 1.165) is 25.1 Å². The molecule has 0 radical (unpaired) electrons. The van der Waals surface area contributed by atoms with E-state index in [1.54, 1.807) is 14.0 Å². The van der Waals surface area contributed by atoms with Crippen molar-refractivity contribution in [3.05, 3.63) is 11.8 Å². The Balaban J connectivity index is 1.16. The average molecular weight is 654 g/mol. The predicted octanol–water partition coefficient (Wildman–Crippen LogP) is -3.33. The maximum absolute atomic E-state index is 13.2. The van der Waals surface area contributed by atoms with E-state index >= 15 is 0 Å². The highest BCUT2D eigenvalue weighted by molar-refractivity contribution is 5.81. The Bertz CT molecular complexity index is 1100. The van der Waals surface area contributed by atoms with Crippen LogP contribution in [-0.4, -0.2) is 134 Å². The Morgan fingerprint density at radius 3 is 2.48 bits per heavy atom. The second-order valence-electron chi connectivity index (χ2n) is 14.8. The zero-order valence-corrected chi connectivity index (χ0v) is 27.0. The number of carbonyl (C=O) groups is 1. The monoisotopic (exact) mass is 653 g/mol. The zero-order valence-electron chi connectivity index (χ0n) is 27.0. The van der Waals surface area contributed by atoms with E-state index in [1.165, 1.54) is 0 Å². The summed E-state index contributed by atoms with van der Waals surface area (Å²) in [6, 6.07) is -1.89. The molecule has 3 aliphatic carbocycles. The molecule has 15 nitrogen and oxygen atoms in total. The number of hydrogen-bond acceptors (Lipinski definition) is 14. The highest BCUT2D eigenvalue weighted by atomic mass is 16.7.